The molecule has 13 heavy (non-hydrogen) atoms. The van der Waals surface area contributed by atoms with Crippen LogP contribution in [0.15, 0.2) is 0 Å². The molecule has 0 radical (unpaired) electrons. The van der Waals surface area contributed by atoms with Crippen molar-refractivity contribution in [3.8, 4) is 0 Å². The number of likely N-dealkylation sites (N-methyl/N-ethyl adjacent to an activating group) is 1. The topological polar surface area (TPSA) is 32.3 Å². The molecule has 1 fully saturated rings. The minimum atomic E-state index is 0.0284. The number of aliphatic hydroxyl groups excluding tert-OH is 1. The zero-order valence-corrected chi connectivity index (χ0v) is 9.14. The van der Waals surface area contributed by atoms with Gasteiger partial charge < -0.3 is 10.4 Å². The van der Waals surface area contributed by atoms with Crippen molar-refractivity contribution in [3.05, 3.63) is 0 Å². The van der Waals surface area contributed by atoms with Gasteiger partial charge in [-0.2, -0.15) is 0 Å². The van der Waals surface area contributed by atoms with E-state index in [4.69, 9.17) is 0 Å². The maximum Gasteiger partial charge on any atom is 0.0613 e. The molecule has 3 unspecified atom stereocenters. The predicted molar refractivity (Wildman–Crippen MR) is 55.7 cm³/mol. The highest BCUT2D eigenvalue weighted by atomic mass is 16.3. The maximum absolute atomic E-state index is 9.41. The molecule has 0 aromatic rings. The largest absolute Gasteiger partial charge is 0.394 e. The van der Waals surface area contributed by atoms with Gasteiger partial charge in [-0.3, -0.25) is 0 Å². The van der Waals surface area contributed by atoms with Crippen molar-refractivity contribution < 1.29 is 5.11 Å². The summed E-state index contributed by atoms with van der Waals surface area (Å²) in [7, 11) is 0. The van der Waals surface area contributed by atoms with Crippen molar-refractivity contribution >= 4 is 0 Å². The van der Waals surface area contributed by atoms with Crippen LogP contribution >= 0.6 is 0 Å². The zero-order valence-electron chi connectivity index (χ0n) is 9.14. The van der Waals surface area contributed by atoms with Crippen LogP contribution in [0, 0.1) is 11.8 Å². The van der Waals surface area contributed by atoms with E-state index < -0.39 is 0 Å². The lowest BCUT2D eigenvalue weighted by Crippen LogP contribution is -2.52. The first-order valence-electron chi connectivity index (χ1n) is 5.49. The molecule has 2 nitrogen and oxygen atoms in total. The van der Waals surface area contributed by atoms with E-state index in [-0.39, 0.29) is 12.1 Å². The number of nitrogens with one attached hydrogen (secondary N) is 1. The summed E-state index contributed by atoms with van der Waals surface area (Å²) in [6.45, 7) is 7.98. The molecule has 0 saturated heterocycles. The lowest BCUT2D eigenvalue weighted by atomic mass is 9.71. The van der Waals surface area contributed by atoms with E-state index in [1.807, 2.05) is 0 Å². The maximum atomic E-state index is 9.41. The predicted octanol–water partition coefficient (Wildman–Crippen LogP) is 1.78. The third-order valence-corrected chi connectivity index (χ3v) is 3.62. The molecule has 0 bridgehead atoms. The van der Waals surface area contributed by atoms with E-state index in [0.29, 0.717) is 0 Å². The lowest BCUT2D eigenvalue weighted by Gasteiger charge is -2.42. The van der Waals surface area contributed by atoms with Crippen molar-refractivity contribution in [2.75, 3.05) is 13.2 Å². The van der Waals surface area contributed by atoms with Crippen LogP contribution in [0.4, 0.5) is 0 Å². The molecule has 78 valence electrons. The third kappa shape index (κ3) is 2.44. The smallest absolute Gasteiger partial charge is 0.0613 e. The summed E-state index contributed by atoms with van der Waals surface area (Å²) in [5.74, 6) is 1.55. The molecule has 1 saturated carbocycles. The van der Waals surface area contributed by atoms with E-state index in [1.54, 1.807) is 0 Å². The average molecular weight is 185 g/mol. The van der Waals surface area contributed by atoms with E-state index >= 15 is 0 Å². The molecule has 0 heterocycles. The van der Waals surface area contributed by atoms with Crippen molar-refractivity contribution in [1.82, 2.24) is 5.32 Å². The second-order valence-corrected chi connectivity index (χ2v) is 4.67. The number of hydrogen-bond donors (Lipinski definition) is 2. The van der Waals surface area contributed by atoms with Crippen LogP contribution in [0.2, 0.25) is 0 Å². The Morgan fingerprint density at radius 2 is 2.08 bits per heavy atom. The van der Waals surface area contributed by atoms with Gasteiger partial charge in [0.05, 0.1) is 6.61 Å². The van der Waals surface area contributed by atoms with Gasteiger partial charge in [-0.1, -0.05) is 20.8 Å². The Hall–Kier alpha value is -0.0800. The Morgan fingerprint density at radius 1 is 1.38 bits per heavy atom. The fourth-order valence-electron chi connectivity index (χ4n) is 2.44. The van der Waals surface area contributed by atoms with Gasteiger partial charge in [-0.25, -0.2) is 0 Å². The van der Waals surface area contributed by atoms with Gasteiger partial charge in [0.1, 0.15) is 0 Å². The van der Waals surface area contributed by atoms with Crippen LogP contribution in [0.1, 0.15) is 40.0 Å². The number of rotatable bonds is 3. The standard InChI is InChI=1S/C11H23NO/c1-4-12-11(8-13)6-5-9(2)10(3)7-11/h9-10,12-13H,4-8H2,1-3H3. The molecular formula is C11H23NO. The third-order valence-electron chi connectivity index (χ3n) is 3.62. The highest BCUT2D eigenvalue weighted by molar-refractivity contribution is 4.93. The molecule has 2 N–H and O–H groups in total. The van der Waals surface area contributed by atoms with Crippen LogP contribution in [-0.2, 0) is 0 Å². The molecule has 2 heteroatoms. The summed E-state index contributed by atoms with van der Waals surface area (Å²) < 4.78 is 0. The molecule has 1 aliphatic rings. The minimum absolute atomic E-state index is 0.0284. The van der Waals surface area contributed by atoms with Crippen molar-refractivity contribution in [1.29, 1.82) is 0 Å². The van der Waals surface area contributed by atoms with E-state index in [1.165, 1.54) is 6.42 Å². The van der Waals surface area contributed by atoms with Crippen LogP contribution in [0.3, 0.4) is 0 Å². The summed E-state index contributed by atoms with van der Waals surface area (Å²) >= 11 is 0. The van der Waals surface area contributed by atoms with Gasteiger partial charge in [0.15, 0.2) is 0 Å². The number of aliphatic hydroxyl groups is 1. The molecule has 1 aliphatic carbocycles. The Labute approximate surface area is 81.7 Å². The molecule has 1 rings (SSSR count). The van der Waals surface area contributed by atoms with E-state index in [0.717, 1.165) is 31.2 Å². The van der Waals surface area contributed by atoms with Gasteiger partial charge in [-0.15, -0.1) is 0 Å². The van der Waals surface area contributed by atoms with Crippen LogP contribution in [0.5, 0.6) is 0 Å². The zero-order chi connectivity index (χ0) is 9.90. The summed E-state index contributed by atoms with van der Waals surface area (Å²) in [5.41, 5.74) is 0.0284. The number of hydrogen-bond acceptors (Lipinski definition) is 2. The Bertz CT molecular complexity index is 160. The van der Waals surface area contributed by atoms with Crippen molar-refractivity contribution in [2.45, 2.75) is 45.6 Å². The van der Waals surface area contributed by atoms with E-state index in [2.05, 4.69) is 26.1 Å². The summed E-state index contributed by atoms with van der Waals surface area (Å²) in [4.78, 5) is 0. The van der Waals surface area contributed by atoms with Crippen LogP contribution in [-0.4, -0.2) is 23.8 Å². The van der Waals surface area contributed by atoms with Crippen LogP contribution in [0.25, 0.3) is 0 Å². The summed E-state index contributed by atoms with van der Waals surface area (Å²) in [6, 6.07) is 0. The summed E-state index contributed by atoms with van der Waals surface area (Å²) in [5, 5.41) is 12.9. The van der Waals surface area contributed by atoms with Crippen LogP contribution < -0.4 is 5.32 Å². The Kier molecular flexibility index (Phi) is 3.74. The molecule has 0 spiro atoms. The van der Waals surface area contributed by atoms with Crippen molar-refractivity contribution in [3.63, 3.8) is 0 Å². The first kappa shape index (κ1) is 11.0. The summed E-state index contributed by atoms with van der Waals surface area (Å²) in [6.07, 6.45) is 3.50. The highest BCUT2D eigenvalue weighted by Gasteiger charge is 2.36. The van der Waals surface area contributed by atoms with Gasteiger partial charge >= 0.3 is 0 Å². The molecule has 0 aromatic carbocycles. The Balaban J connectivity index is 2.57. The van der Waals surface area contributed by atoms with Gasteiger partial charge in [0.2, 0.25) is 0 Å². The Morgan fingerprint density at radius 3 is 2.54 bits per heavy atom. The highest BCUT2D eigenvalue weighted by Crippen LogP contribution is 2.35. The molecular weight excluding hydrogens is 162 g/mol. The quantitative estimate of drug-likeness (QED) is 0.702. The van der Waals surface area contributed by atoms with Gasteiger partial charge in [0, 0.05) is 5.54 Å². The lowest BCUT2D eigenvalue weighted by molar-refractivity contribution is 0.0780. The molecule has 0 aromatic heterocycles. The molecule has 0 amide bonds. The van der Waals surface area contributed by atoms with Gasteiger partial charge in [0.25, 0.3) is 0 Å². The first-order valence-corrected chi connectivity index (χ1v) is 5.49. The van der Waals surface area contributed by atoms with E-state index in [9.17, 15) is 5.11 Å². The SMILES string of the molecule is CCNC1(CO)CCC(C)C(C)C1. The average Bonchev–Trinajstić information content (AvgIpc) is 2.12. The second kappa shape index (κ2) is 4.43. The molecule has 3 atom stereocenters. The monoisotopic (exact) mass is 185 g/mol. The fourth-order valence-corrected chi connectivity index (χ4v) is 2.44. The normalized spacial score (nSPS) is 40.6. The second-order valence-electron chi connectivity index (χ2n) is 4.67. The molecule has 0 aliphatic heterocycles. The van der Waals surface area contributed by atoms with Crippen molar-refractivity contribution in [2.24, 2.45) is 11.8 Å². The first-order chi connectivity index (χ1) is 6.13. The van der Waals surface area contributed by atoms with Gasteiger partial charge in [-0.05, 0) is 37.6 Å². The fraction of sp³-hybridized carbons (Fsp3) is 1.00. The minimum Gasteiger partial charge on any atom is -0.394 e.